The molecule has 1 aromatic heterocycles. The number of hydrogen-bond acceptors (Lipinski definition) is 5. The topological polar surface area (TPSA) is 59.1 Å². The predicted molar refractivity (Wildman–Crippen MR) is 92.7 cm³/mol. The quantitative estimate of drug-likeness (QED) is 0.854. The maximum atomic E-state index is 5.64. The molecule has 0 spiro atoms. The van der Waals surface area contributed by atoms with Gasteiger partial charge in [0, 0.05) is 24.9 Å². The molecular weight excluding hydrogens is 288 g/mol. The van der Waals surface area contributed by atoms with Crippen molar-refractivity contribution in [2.24, 2.45) is 0 Å². The van der Waals surface area contributed by atoms with Gasteiger partial charge < -0.3 is 15.4 Å². The van der Waals surface area contributed by atoms with Crippen LogP contribution in [0.25, 0.3) is 0 Å². The van der Waals surface area contributed by atoms with Gasteiger partial charge in [0.2, 0.25) is 5.95 Å². The number of anilines is 2. The fourth-order valence-corrected chi connectivity index (χ4v) is 2.77. The minimum atomic E-state index is 0.156. The van der Waals surface area contributed by atoms with E-state index in [9.17, 15) is 0 Å². The monoisotopic (exact) mass is 312 g/mol. The van der Waals surface area contributed by atoms with Gasteiger partial charge in [0.15, 0.2) is 0 Å². The molecule has 2 atom stereocenters. The van der Waals surface area contributed by atoms with Crippen molar-refractivity contribution >= 4 is 11.8 Å². The lowest BCUT2D eigenvalue weighted by Gasteiger charge is -2.16. The van der Waals surface area contributed by atoms with E-state index in [-0.39, 0.29) is 6.04 Å². The van der Waals surface area contributed by atoms with Crippen LogP contribution in [-0.4, -0.2) is 29.2 Å². The summed E-state index contributed by atoms with van der Waals surface area (Å²) in [4.78, 5) is 9.06. The average Bonchev–Trinajstić information content (AvgIpc) is 3.07. The molecule has 5 heteroatoms. The lowest BCUT2D eigenvalue weighted by atomic mass is 10.1. The predicted octanol–water partition coefficient (Wildman–Crippen LogP) is 3.55. The first-order chi connectivity index (χ1) is 11.2. The second kappa shape index (κ2) is 7.42. The highest BCUT2D eigenvalue weighted by atomic mass is 16.5. The Bertz CT molecular complexity index is 626. The zero-order chi connectivity index (χ0) is 16.1. The highest BCUT2D eigenvalue weighted by molar-refractivity contribution is 5.43. The molecule has 0 aliphatic carbocycles. The van der Waals surface area contributed by atoms with E-state index in [0.29, 0.717) is 12.1 Å². The maximum Gasteiger partial charge on any atom is 0.225 e. The number of aromatic nitrogens is 2. The number of benzene rings is 1. The number of nitrogens with one attached hydrogen (secondary N) is 2. The lowest BCUT2D eigenvalue weighted by Crippen LogP contribution is -2.19. The summed E-state index contributed by atoms with van der Waals surface area (Å²) in [7, 11) is 0. The van der Waals surface area contributed by atoms with Gasteiger partial charge in [-0.05, 0) is 32.3 Å². The third-order valence-electron chi connectivity index (χ3n) is 4.03. The van der Waals surface area contributed by atoms with E-state index in [1.807, 2.05) is 31.2 Å². The molecular formula is C18H24N4O. The summed E-state index contributed by atoms with van der Waals surface area (Å²) in [5.74, 6) is 1.49. The van der Waals surface area contributed by atoms with Gasteiger partial charge in [0.1, 0.15) is 5.82 Å². The second-order valence-corrected chi connectivity index (χ2v) is 6.01. The van der Waals surface area contributed by atoms with Gasteiger partial charge in [0.05, 0.1) is 12.1 Å². The molecule has 2 N–H and O–H groups in total. The average molecular weight is 312 g/mol. The molecule has 0 amide bonds. The van der Waals surface area contributed by atoms with E-state index in [1.165, 1.54) is 5.56 Å². The molecule has 5 nitrogen and oxygen atoms in total. The normalized spacial score (nSPS) is 18.6. The first-order valence-electron chi connectivity index (χ1n) is 8.23. The molecule has 1 aliphatic rings. The van der Waals surface area contributed by atoms with Gasteiger partial charge in [-0.15, -0.1) is 0 Å². The Kier molecular flexibility index (Phi) is 5.08. The Labute approximate surface area is 137 Å². The molecule has 0 radical (unpaired) electrons. The van der Waals surface area contributed by atoms with Gasteiger partial charge >= 0.3 is 0 Å². The van der Waals surface area contributed by atoms with Crippen LogP contribution in [0.2, 0.25) is 0 Å². The molecule has 1 aliphatic heterocycles. The fourth-order valence-electron chi connectivity index (χ4n) is 2.77. The van der Waals surface area contributed by atoms with Crippen molar-refractivity contribution in [2.45, 2.75) is 38.8 Å². The summed E-state index contributed by atoms with van der Waals surface area (Å²) >= 11 is 0. The molecule has 0 saturated carbocycles. The van der Waals surface area contributed by atoms with Crippen LogP contribution in [-0.2, 0) is 4.74 Å². The molecule has 122 valence electrons. The Hall–Kier alpha value is -2.14. The highest BCUT2D eigenvalue weighted by Gasteiger charge is 2.15. The van der Waals surface area contributed by atoms with Crippen LogP contribution in [0.4, 0.5) is 11.8 Å². The third-order valence-corrected chi connectivity index (χ3v) is 4.03. The molecule has 2 aromatic rings. The van der Waals surface area contributed by atoms with Crippen molar-refractivity contribution in [3.63, 3.8) is 0 Å². The van der Waals surface area contributed by atoms with Crippen LogP contribution >= 0.6 is 0 Å². The van der Waals surface area contributed by atoms with Crippen LogP contribution in [0.15, 0.2) is 36.4 Å². The van der Waals surface area contributed by atoms with Crippen molar-refractivity contribution in [1.82, 2.24) is 9.97 Å². The molecule has 23 heavy (non-hydrogen) atoms. The van der Waals surface area contributed by atoms with E-state index < -0.39 is 0 Å². The summed E-state index contributed by atoms with van der Waals surface area (Å²) in [6, 6.07) is 12.4. The molecule has 0 bridgehead atoms. The standard InChI is InChI=1S/C18H24N4O/c1-13-11-17(19-12-16-9-6-10-23-16)22-18(20-13)21-14(2)15-7-4-3-5-8-15/h3-5,7-8,11,14,16H,6,9-10,12H2,1-2H3,(H2,19,20,21,22). The Morgan fingerprint density at radius 2 is 2.09 bits per heavy atom. The molecule has 1 fully saturated rings. The first kappa shape index (κ1) is 15.7. The SMILES string of the molecule is Cc1cc(NCC2CCCO2)nc(NC(C)c2ccccc2)n1. The van der Waals surface area contributed by atoms with Crippen molar-refractivity contribution in [3.05, 3.63) is 47.7 Å². The maximum absolute atomic E-state index is 5.64. The number of nitrogens with zero attached hydrogens (tertiary/aromatic N) is 2. The summed E-state index contributed by atoms with van der Waals surface area (Å²) in [5, 5.41) is 6.74. The van der Waals surface area contributed by atoms with Gasteiger partial charge in [0.25, 0.3) is 0 Å². The molecule has 1 saturated heterocycles. The number of ether oxygens (including phenoxy) is 1. The van der Waals surface area contributed by atoms with Crippen LogP contribution in [0.3, 0.4) is 0 Å². The molecule has 2 unspecified atom stereocenters. The van der Waals surface area contributed by atoms with Gasteiger partial charge in [-0.3, -0.25) is 0 Å². The van der Waals surface area contributed by atoms with Crippen molar-refractivity contribution < 1.29 is 4.74 Å². The number of aryl methyl sites for hydroxylation is 1. The second-order valence-electron chi connectivity index (χ2n) is 6.01. The molecule has 2 heterocycles. The van der Waals surface area contributed by atoms with Gasteiger partial charge in [-0.1, -0.05) is 30.3 Å². The zero-order valence-corrected chi connectivity index (χ0v) is 13.7. The van der Waals surface area contributed by atoms with E-state index in [2.05, 4.69) is 39.7 Å². The first-order valence-corrected chi connectivity index (χ1v) is 8.23. The van der Waals surface area contributed by atoms with Crippen LogP contribution in [0.1, 0.15) is 37.1 Å². The number of hydrogen-bond donors (Lipinski definition) is 2. The van der Waals surface area contributed by atoms with Gasteiger partial charge in [-0.25, -0.2) is 4.98 Å². The summed E-state index contributed by atoms with van der Waals surface area (Å²) in [5.41, 5.74) is 2.16. The van der Waals surface area contributed by atoms with Crippen LogP contribution in [0, 0.1) is 6.92 Å². The van der Waals surface area contributed by atoms with Crippen LogP contribution < -0.4 is 10.6 Å². The summed E-state index contributed by atoms with van der Waals surface area (Å²) in [6.07, 6.45) is 2.56. The van der Waals surface area contributed by atoms with Gasteiger partial charge in [-0.2, -0.15) is 4.98 Å². The lowest BCUT2D eigenvalue weighted by molar-refractivity contribution is 0.120. The van der Waals surface area contributed by atoms with E-state index in [0.717, 1.165) is 37.5 Å². The van der Waals surface area contributed by atoms with E-state index in [4.69, 9.17) is 4.74 Å². The minimum absolute atomic E-state index is 0.156. The Morgan fingerprint density at radius 3 is 2.83 bits per heavy atom. The van der Waals surface area contributed by atoms with E-state index >= 15 is 0 Å². The minimum Gasteiger partial charge on any atom is -0.376 e. The largest absolute Gasteiger partial charge is 0.376 e. The molecule has 1 aromatic carbocycles. The van der Waals surface area contributed by atoms with Crippen molar-refractivity contribution in [2.75, 3.05) is 23.8 Å². The smallest absolute Gasteiger partial charge is 0.225 e. The summed E-state index contributed by atoms with van der Waals surface area (Å²) < 4.78 is 5.64. The zero-order valence-electron chi connectivity index (χ0n) is 13.7. The Morgan fingerprint density at radius 1 is 1.26 bits per heavy atom. The van der Waals surface area contributed by atoms with Crippen molar-refractivity contribution in [3.8, 4) is 0 Å². The Balaban J connectivity index is 1.64. The number of rotatable bonds is 6. The van der Waals surface area contributed by atoms with Crippen molar-refractivity contribution in [1.29, 1.82) is 0 Å². The molecule has 3 rings (SSSR count). The van der Waals surface area contributed by atoms with E-state index in [1.54, 1.807) is 0 Å². The highest BCUT2D eigenvalue weighted by Crippen LogP contribution is 2.19. The summed E-state index contributed by atoms with van der Waals surface area (Å²) in [6.45, 7) is 5.76. The fraction of sp³-hybridized carbons (Fsp3) is 0.444. The van der Waals surface area contributed by atoms with Crippen LogP contribution in [0.5, 0.6) is 0 Å². The third kappa shape index (κ3) is 4.42.